The van der Waals surface area contributed by atoms with E-state index in [1.807, 2.05) is 78.6 Å². The molecule has 0 radical (unpaired) electrons. The van der Waals surface area contributed by atoms with Crippen LogP contribution in [0.25, 0.3) is 28.1 Å². The van der Waals surface area contributed by atoms with Gasteiger partial charge in [-0.2, -0.15) is 10.2 Å². The Morgan fingerprint density at radius 3 is 2.73 bits per heavy atom. The Kier molecular flexibility index (Phi) is 8.32. The lowest BCUT2D eigenvalue weighted by Gasteiger charge is -2.41. The maximum Gasteiger partial charge on any atom is 0.275 e. The highest BCUT2D eigenvalue weighted by atomic mass is 16.5. The number of hydrogen-bond acceptors (Lipinski definition) is 7. The molecular formula is C31H39N5O5. The van der Waals surface area contributed by atoms with E-state index in [1.165, 1.54) is 0 Å². The number of carbonyl (C=O) groups is 1. The Hall–Kier alpha value is -3.89. The molecule has 0 atom stereocenters. The topological polar surface area (TPSA) is 92.9 Å². The largest absolute Gasteiger partial charge is 0.496 e. The van der Waals surface area contributed by atoms with Crippen LogP contribution in [0.2, 0.25) is 0 Å². The van der Waals surface area contributed by atoms with Crippen molar-refractivity contribution in [1.29, 1.82) is 0 Å². The summed E-state index contributed by atoms with van der Waals surface area (Å²) in [4.78, 5) is 15.9. The molecule has 0 unspecified atom stereocenters. The van der Waals surface area contributed by atoms with Crippen molar-refractivity contribution in [1.82, 2.24) is 24.5 Å². The van der Waals surface area contributed by atoms with Crippen molar-refractivity contribution in [3.63, 3.8) is 0 Å². The summed E-state index contributed by atoms with van der Waals surface area (Å²) >= 11 is 0. The van der Waals surface area contributed by atoms with Crippen molar-refractivity contribution >= 4 is 11.6 Å². The Balaban J connectivity index is 1.65. The number of rotatable bonds is 9. The lowest BCUT2D eigenvalue weighted by atomic mass is 9.96. The van der Waals surface area contributed by atoms with E-state index >= 15 is 0 Å². The van der Waals surface area contributed by atoms with E-state index in [1.54, 1.807) is 14.2 Å². The molecular weight excluding hydrogens is 522 g/mol. The van der Waals surface area contributed by atoms with Crippen LogP contribution >= 0.6 is 0 Å². The summed E-state index contributed by atoms with van der Waals surface area (Å²) in [6, 6.07) is 3.96. The summed E-state index contributed by atoms with van der Waals surface area (Å²) in [7, 11) is 3.35. The number of hydrogen-bond donors (Lipinski definition) is 0. The van der Waals surface area contributed by atoms with Gasteiger partial charge in [-0.05, 0) is 46.3 Å². The van der Waals surface area contributed by atoms with Gasteiger partial charge in [-0.3, -0.25) is 9.48 Å². The molecule has 1 fully saturated rings. The minimum absolute atomic E-state index is 0.123. The lowest BCUT2D eigenvalue weighted by molar-refractivity contribution is -0.0374. The summed E-state index contributed by atoms with van der Waals surface area (Å²) in [5.41, 5.74) is 5.05. The number of aromatic nitrogens is 4. The first-order valence-corrected chi connectivity index (χ1v) is 14.0. The molecule has 5 rings (SSSR count). The van der Waals surface area contributed by atoms with Crippen molar-refractivity contribution in [2.45, 2.75) is 52.8 Å². The van der Waals surface area contributed by atoms with Gasteiger partial charge in [0, 0.05) is 61.3 Å². The molecule has 0 aliphatic carbocycles. The number of morpholine rings is 1. The quantitative estimate of drug-likeness (QED) is 0.267. The normalized spacial score (nSPS) is 16.4. The fraction of sp³-hybridized carbons (Fsp3) is 0.452. The fourth-order valence-electron chi connectivity index (χ4n) is 5.45. The van der Waals surface area contributed by atoms with Crippen LogP contribution in [-0.2, 0) is 22.6 Å². The Bertz CT molecular complexity index is 1480. The average Bonchev–Trinajstić information content (AvgIpc) is 3.60. The number of nitrogens with zero attached hydrogens (tertiary/aromatic N) is 5. The number of benzene rings is 1. The molecule has 10 heteroatoms. The van der Waals surface area contributed by atoms with Crippen LogP contribution in [0, 0.1) is 0 Å². The lowest BCUT2D eigenvalue weighted by Crippen LogP contribution is -2.55. The minimum Gasteiger partial charge on any atom is -0.496 e. The third kappa shape index (κ3) is 5.41. The number of ether oxygens (including phenoxy) is 4. The van der Waals surface area contributed by atoms with Crippen LogP contribution in [0.3, 0.4) is 0 Å². The van der Waals surface area contributed by atoms with Gasteiger partial charge in [0.15, 0.2) is 5.69 Å². The van der Waals surface area contributed by atoms with Crippen LogP contribution in [0.4, 0.5) is 0 Å². The smallest absolute Gasteiger partial charge is 0.275 e. The SMILES string of the molecule is C/C=C\C(=C/C)n1nc(C(=O)N2CCOCC2(C)C)c2c1-c1cc(-c3cnn(CCCOC)c3)c(OC)cc1OC2. The first-order valence-electron chi connectivity index (χ1n) is 14.0. The van der Waals surface area contributed by atoms with Gasteiger partial charge >= 0.3 is 0 Å². The number of amides is 1. The van der Waals surface area contributed by atoms with Gasteiger partial charge in [0.25, 0.3) is 5.91 Å². The van der Waals surface area contributed by atoms with E-state index in [0.29, 0.717) is 43.6 Å². The number of allylic oxidation sites excluding steroid dienone is 4. The van der Waals surface area contributed by atoms with Crippen molar-refractivity contribution in [2.75, 3.05) is 40.6 Å². The van der Waals surface area contributed by atoms with Gasteiger partial charge in [-0.1, -0.05) is 12.2 Å². The number of aryl methyl sites for hydroxylation is 1. The Labute approximate surface area is 241 Å². The summed E-state index contributed by atoms with van der Waals surface area (Å²) < 4.78 is 26.7. The predicted octanol–water partition coefficient (Wildman–Crippen LogP) is 5.04. The van der Waals surface area contributed by atoms with E-state index in [0.717, 1.165) is 46.6 Å². The van der Waals surface area contributed by atoms with Crippen molar-refractivity contribution < 1.29 is 23.7 Å². The van der Waals surface area contributed by atoms with Crippen LogP contribution in [0.15, 0.2) is 42.8 Å². The molecule has 0 N–H and O–H groups in total. The summed E-state index contributed by atoms with van der Waals surface area (Å²) in [5, 5.41) is 9.49. The molecule has 2 aliphatic heterocycles. The molecule has 1 aromatic carbocycles. The average molecular weight is 562 g/mol. The molecule has 2 aliphatic rings. The van der Waals surface area contributed by atoms with E-state index < -0.39 is 5.54 Å². The van der Waals surface area contributed by atoms with Crippen LogP contribution < -0.4 is 9.47 Å². The van der Waals surface area contributed by atoms with Gasteiger partial charge in [-0.15, -0.1) is 0 Å². The minimum atomic E-state index is -0.448. The summed E-state index contributed by atoms with van der Waals surface area (Å²) in [6.45, 7) is 11.1. The van der Waals surface area contributed by atoms with E-state index in [2.05, 4.69) is 11.2 Å². The summed E-state index contributed by atoms with van der Waals surface area (Å²) in [5.74, 6) is 1.23. The zero-order chi connectivity index (χ0) is 29.1. The predicted molar refractivity (Wildman–Crippen MR) is 157 cm³/mol. The molecule has 2 aromatic heterocycles. The van der Waals surface area contributed by atoms with Gasteiger partial charge < -0.3 is 23.8 Å². The van der Waals surface area contributed by atoms with Gasteiger partial charge in [-0.25, -0.2) is 4.68 Å². The molecule has 0 bridgehead atoms. The highest BCUT2D eigenvalue weighted by molar-refractivity contribution is 5.98. The zero-order valence-corrected chi connectivity index (χ0v) is 24.8. The second-order valence-corrected chi connectivity index (χ2v) is 10.8. The van der Waals surface area contributed by atoms with E-state index in [-0.39, 0.29) is 12.5 Å². The third-order valence-corrected chi connectivity index (χ3v) is 7.56. The molecule has 4 heterocycles. The standard InChI is InChI=1S/C31H39N5O5/c1-7-10-22(8-2)36-29-24-15-23(21-17-32-34(18-21)11-9-13-38-5)26(39-6)16-27(24)41-19-25(29)28(33-36)30(37)35-12-14-40-20-31(35,3)4/h7-8,10,15-18H,9,11-14,19-20H2,1-6H3/b10-7-,22-8+. The number of methoxy groups -OCH3 is 2. The molecule has 41 heavy (non-hydrogen) atoms. The monoisotopic (exact) mass is 561 g/mol. The number of carbonyl (C=O) groups excluding carboxylic acids is 1. The third-order valence-electron chi connectivity index (χ3n) is 7.56. The van der Waals surface area contributed by atoms with E-state index in [4.69, 9.17) is 24.0 Å². The first kappa shape index (κ1) is 28.6. The van der Waals surface area contributed by atoms with Crippen LogP contribution in [0.1, 0.15) is 50.2 Å². The van der Waals surface area contributed by atoms with Crippen LogP contribution in [0.5, 0.6) is 11.5 Å². The molecule has 1 saturated heterocycles. The zero-order valence-electron chi connectivity index (χ0n) is 24.8. The molecule has 0 spiro atoms. The highest BCUT2D eigenvalue weighted by Crippen LogP contribution is 2.46. The first-order chi connectivity index (χ1) is 19.8. The van der Waals surface area contributed by atoms with Crippen molar-refractivity contribution in [2.24, 2.45) is 0 Å². The second kappa shape index (κ2) is 11.9. The maximum atomic E-state index is 14.0. The van der Waals surface area contributed by atoms with Gasteiger partial charge in [0.1, 0.15) is 18.1 Å². The second-order valence-electron chi connectivity index (χ2n) is 10.8. The van der Waals surface area contributed by atoms with E-state index in [9.17, 15) is 4.79 Å². The fourth-order valence-corrected chi connectivity index (χ4v) is 5.45. The summed E-state index contributed by atoms with van der Waals surface area (Å²) in [6.07, 6.45) is 10.7. The van der Waals surface area contributed by atoms with Gasteiger partial charge in [0.2, 0.25) is 0 Å². The molecule has 0 saturated carbocycles. The molecule has 218 valence electrons. The van der Waals surface area contributed by atoms with Crippen LogP contribution in [-0.4, -0.2) is 76.5 Å². The molecule has 10 nitrogen and oxygen atoms in total. The van der Waals surface area contributed by atoms with Crippen molar-refractivity contribution in [3.05, 3.63) is 54.0 Å². The molecule has 3 aromatic rings. The van der Waals surface area contributed by atoms with Crippen molar-refractivity contribution in [3.8, 4) is 33.9 Å². The van der Waals surface area contributed by atoms with Gasteiger partial charge in [0.05, 0.1) is 43.5 Å². The highest BCUT2D eigenvalue weighted by Gasteiger charge is 2.39. The Morgan fingerprint density at radius 1 is 1.20 bits per heavy atom. The molecule has 1 amide bonds. The Morgan fingerprint density at radius 2 is 2.02 bits per heavy atom. The maximum absolute atomic E-state index is 14.0. The number of fused-ring (bicyclic) bond motifs is 3.